The summed E-state index contributed by atoms with van der Waals surface area (Å²) in [5.74, 6) is 3.48. The van der Waals surface area contributed by atoms with Gasteiger partial charge in [-0.1, -0.05) is 57.3 Å². The van der Waals surface area contributed by atoms with Crippen molar-refractivity contribution >= 4 is 12.6 Å². The van der Waals surface area contributed by atoms with Gasteiger partial charge in [-0.2, -0.15) is 0 Å². The van der Waals surface area contributed by atoms with Gasteiger partial charge in [0.25, 0.3) is 0 Å². The first-order valence-electron chi connectivity index (χ1n) is 12.8. The summed E-state index contributed by atoms with van der Waals surface area (Å²) in [6.45, 7) is 7.47. The standard InChI is InChI=1S/C28H40O2/c1-18-13-22-14-19(16-29)9-11-27(22,2)23-10-12-28(3)24(25(18)23)15-21(17-30)26(28)20-7-5-4-6-8-20/h13,16-20,23-25H,4-12,14-15H2,1-3H3/t18-,19?,23-,24-,25+,27-,28-/m0/s1. The Balaban J connectivity index is 1.50. The Morgan fingerprint density at radius 3 is 2.33 bits per heavy atom. The highest BCUT2D eigenvalue weighted by atomic mass is 16.1. The lowest BCUT2D eigenvalue weighted by molar-refractivity contribution is -0.112. The maximum atomic E-state index is 12.2. The largest absolute Gasteiger partial charge is 0.303 e. The van der Waals surface area contributed by atoms with Crippen molar-refractivity contribution in [2.45, 2.75) is 91.4 Å². The lowest BCUT2D eigenvalue weighted by Gasteiger charge is -2.60. The molecule has 0 amide bonds. The normalized spacial score (nSPS) is 46.5. The van der Waals surface area contributed by atoms with E-state index < -0.39 is 0 Å². The maximum Gasteiger partial charge on any atom is 0.146 e. The minimum absolute atomic E-state index is 0.231. The van der Waals surface area contributed by atoms with Gasteiger partial charge < -0.3 is 4.79 Å². The number of allylic oxidation sites excluding steroid dienone is 4. The van der Waals surface area contributed by atoms with Gasteiger partial charge in [0.15, 0.2) is 0 Å². The molecule has 0 aliphatic heterocycles. The molecular formula is C28H40O2. The molecule has 3 saturated carbocycles. The Hall–Kier alpha value is -1.18. The van der Waals surface area contributed by atoms with Gasteiger partial charge in [0.1, 0.15) is 12.6 Å². The highest BCUT2D eigenvalue weighted by Crippen LogP contribution is 2.68. The van der Waals surface area contributed by atoms with Gasteiger partial charge in [0.05, 0.1) is 0 Å². The lowest BCUT2D eigenvalue weighted by Crippen LogP contribution is -2.52. The molecule has 30 heavy (non-hydrogen) atoms. The Labute approximate surface area is 183 Å². The Bertz CT molecular complexity index is 784. The Morgan fingerprint density at radius 1 is 0.900 bits per heavy atom. The molecule has 0 N–H and O–H groups in total. The molecule has 0 bridgehead atoms. The van der Waals surface area contributed by atoms with Gasteiger partial charge in [0.2, 0.25) is 0 Å². The minimum Gasteiger partial charge on any atom is -0.303 e. The van der Waals surface area contributed by atoms with Crippen LogP contribution >= 0.6 is 0 Å². The summed E-state index contributed by atoms with van der Waals surface area (Å²) < 4.78 is 0. The molecule has 0 aromatic rings. The van der Waals surface area contributed by atoms with Gasteiger partial charge in [-0.15, -0.1) is 0 Å². The average molecular weight is 409 g/mol. The third-order valence-electron chi connectivity index (χ3n) is 10.6. The van der Waals surface area contributed by atoms with E-state index in [0.29, 0.717) is 23.7 Å². The third-order valence-corrected chi connectivity index (χ3v) is 10.6. The number of carbonyl (C=O) groups is 2. The fourth-order valence-electron chi connectivity index (χ4n) is 9.15. The monoisotopic (exact) mass is 408 g/mol. The topological polar surface area (TPSA) is 34.1 Å². The van der Waals surface area contributed by atoms with Gasteiger partial charge in [-0.3, -0.25) is 4.79 Å². The van der Waals surface area contributed by atoms with Gasteiger partial charge in [0, 0.05) is 5.92 Å². The summed E-state index contributed by atoms with van der Waals surface area (Å²) in [6.07, 6.45) is 18.4. The zero-order valence-electron chi connectivity index (χ0n) is 19.3. The molecule has 5 aliphatic rings. The second kappa shape index (κ2) is 7.45. The number of carbonyl (C=O) groups excluding carboxylic acids is 2. The Kier molecular flexibility index (Phi) is 5.14. The van der Waals surface area contributed by atoms with Gasteiger partial charge in [-0.05, 0) is 97.4 Å². The van der Waals surface area contributed by atoms with E-state index in [1.807, 2.05) is 0 Å². The second-order valence-corrected chi connectivity index (χ2v) is 11.9. The molecule has 0 aromatic carbocycles. The number of hydrogen-bond acceptors (Lipinski definition) is 2. The summed E-state index contributed by atoms with van der Waals surface area (Å²) in [5, 5.41) is 0. The average Bonchev–Trinajstić information content (AvgIpc) is 3.07. The molecule has 1 unspecified atom stereocenters. The molecule has 0 heterocycles. The minimum atomic E-state index is 0.231. The van der Waals surface area contributed by atoms with Crippen molar-refractivity contribution in [1.82, 2.24) is 0 Å². The first kappa shape index (κ1) is 20.7. The molecule has 5 aliphatic carbocycles. The molecule has 0 radical (unpaired) electrons. The Morgan fingerprint density at radius 2 is 1.63 bits per heavy atom. The smallest absolute Gasteiger partial charge is 0.146 e. The van der Waals surface area contributed by atoms with Crippen molar-refractivity contribution in [3.63, 3.8) is 0 Å². The lowest BCUT2D eigenvalue weighted by atomic mass is 9.45. The van der Waals surface area contributed by atoms with Crippen molar-refractivity contribution in [3.8, 4) is 0 Å². The van der Waals surface area contributed by atoms with E-state index in [9.17, 15) is 9.59 Å². The highest BCUT2D eigenvalue weighted by Gasteiger charge is 2.60. The molecule has 2 heteroatoms. The van der Waals surface area contributed by atoms with Crippen LogP contribution < -0.4 is 0 Å². The van der Waals surface area contributed by atoms with Crippen LogP contribution in [0.3, 0.4) is 0 Å². The van der Waals surface area contributed by atoms with Crippen molar-refractivity contribution in [2.24, 2.45) is 46.3 Å². The van der Waals surface area contributed by atoms with E-state index >= 15 is 0 Å². The van der Waals surface area contributed by atoms with E-state index in [2.05, 4.69) is 26.8 Å². The van der Waals surface area contributed by atoms with Gasteiger partial charge in [-0.25, -0.2) is 0 Å². The van der Waals surface area contributed by atoms with Crippen molar-refractivity contribution in [1.29, 1.82) is 0 Å². The summed E-state index contributed by atoms with van der Waals surface area (Å²) in [5.41, 5.74) is 4.86. The van der Waals surface area contributed by atoms with E-state index in [1.165, 1.54) is 69.5 Å². The van der Waals surface area contributed by atoms with Crippen molar-refractivity contribution in [2.75, 3.05) is 0 Å². The highest BCUT2D eigenvalue weighted by molar-refractivity contribution is 5.77. The third kappa shape index (κ3) is 2.88. The van der Waals surface area contributed by atoms with E-state index in [4.69, 9.17) is 0 Å². The van der Waals surface area contributed by atoms with Gasteiger partial charge >= 0.3 is 0 Å². The summed E-state index contributed by atoms with van der Waals surface area (Å²) in [7, 11) is 0. The van der Waals surface area contributed by atoms with Crippen LogP contribution in [0.5, 0.6) is 0 Å². The van der Waals surface area contributed by atoms with Crippen LogP contribution in [0.2, 0.25) is 0 Å². The van der Waals surface area contributed by atoms with Crippen LogP contribution in [0.25, 0.3) is 0 Å². The van der Waals surface area contributed by atoms with Crippen LogP contribution in [-0.4, -0.2) is 12.6 Å². The molecule has 3 fully saturated rings. The molecule has 5 rings (SSSR count). The number of hydrogen-bond donors (Lipinski definition) is 0. The maximum absolute atomic E-state index is 12.2. The quantitative estimate of drug-likeness (QED) is 0.385. The predicted molar refractivity (Wildman–Crippen MR) is 121 cm³/mol. The number of aldehydes is 2. The molecule has 0 saturated heterocycles. The van der Waals surface area contributed by atoms with E-state index in [1.54, 1.807) is 11.1 Å². The number of rotatable bonds is 3. The van der Waals surface area contributed by atoms with E-state index in [0.717, 1.165) is 25.2 Å². The molecule has 7 atom stereocenters. The predicted octanol–water partition coefficient (Wildman–Crippen LogP) is 6.70. The number of fused-ring (bicyclic) bond motifs is 5. The molecule has 164 valence electrons. The first-order chi connectivity index (χ1) is 14.4. The first-order valence-corrected chi connectivity index (χ1v) is 12.8. The second-order valence-electron chi connectivity index (χ2n) is 11.9. The molecule has 2 nitrogen and oxygen atoms in total. The van der Waals surface area contributed by atoms with Crippen LogP contribution in [-0.2, 0) is 9.59 Å². The summed E-state index contributed by atoms with van der Waals surface area (Å²) in [4.78, 5) is 23.7. The zero-order valence-corrected chi connectivity index (χ0v) is 19.3. The van der Waals surface area contributed by atoms with E-state index in [-0.39, 0.29) is 16.7 Å². The SMILES string of the molecule is C[C@H]1C=C2CC(C=O)CC[C@]2(C)[C@H]2CC[C@]3(C)C(C4CCCCC4)=C(C=O)C[C@H]3[C@H]12. The van der Waals surface area contributed by atoms with Crippen LogP contribution in [0, 0.1) is 46.3 Å². The van der Waals surface area contributed by atoms with Crippen LogP contribution in [0.4, 0.5) is 0 Å². The molecule has 0 aromatic heterocycles. The molecule has 0 spiro atoms. The summed E-state index contributed by atoms with van der Waals surface area (Å²) >= 11 is 0. The van der Waals surface area contributed by atoms with Crippen LogP contribution in [0.1, 0.15) is 91.4 Å². The fraction of sp³-hybridized carbons (Fsp3) is 0.786. The van der Waals surface area contributed by atoms with Crippen molar-refractivity contribution < 1.29 is 9.59 Å². The summed E-state index contributed by atoms with van der Waals surface area (Å²) in [6, 6.07) is 0. The molecular weight excluding hydrogens is 368 g/mol. The zero-order chi connectivity index (χ0) is 21.1. The van der Waals surface area contributed by atoms with Crippen molar-refractivity contribution in [3.05, 3.63) is 22.8 Å². The fourth-order valence-corrected chi connectivity index (χ4v) is 9.15. The van der Waals surface area contributed by atoms with Crippen LogP contribution in [0.15, 0.2) is 22.8 Å².